The molecule has 4 aromatic rings. The molecule has 0 saturated heterocycles. The molecule has 2 heterocycles. The maximum atomic E-state index is 14.8. The molecular formula is C26H21FN4O3. The smallest absolute Gasteiger partial charge is 0.412 e. The van der Waals surface area contributed by atoms with E-state index in [2.05, 4.69) is 20.5 Å². The molecule has 1 amide bonds. The van der Waals surface area contributed by atoms with E-state index in [4.69, 9.17) is 4.74 Å². The van der Waals surface area contributed by atoms with Crippen molar-refractivity contribution in [2.75, 3.05) is 6.61 Å². The van der Waals surface area contributed by atoms with Crippen molar-refractivity contribution in [2.45, 2.75) is 19.8 Å². The quantitative estimate of drug-likeness (QED) is 0.467. The number of H-pyrrole nitrogens is 1. The Bertz CT molecular complexity index is 1510. The molecule has 5 rings (SSSR count). The lowest BCUT2D eigenvalue weighted by Crippen LogP contribution is -2.30. The van der Waals surface area contributed by atoms with Crippen LogP contribution in [0.3, 0.4) is 0 Å². The second-order valence-electron chi connectivity index (χ2n) is 7.96. The van der Waals surface area contributed by atoms with Gasteiger partial charge in [0, 0.05) is 23.8 Å². The van der Waals surface area contributed by atoms with E-state index in [9.17, 15) is 14.0 Å². The van der Waals surface area contributed by atoms with Crippen molar-refractivity contribution in [1.29, 1.82) is 0 Å². The van der Waals surface area contributed by atoms with Gasteiger partial charge in [-0.25, -0.2) is 19.3 Å². The van der Waals surface area contributed by atoms with E-state index >= 15 is 0 Å². The van der Waals surface area contributed by atoms with E-state index < -0.39 is 6.09 Å². The zero-order valence-corrected chi connectivity index (χ0v) is 18.4. The van der Waals surface area contributed by atoms with Crippen LogP contribution in [-0.2, 0) is 17.6 Å². The van der Waals surface area contributed by atoms with Crippen molar-refractivity contribution in [1.82, 2.24) is 15.5 Å². The normalized spacial score (nSPS) is 12.4. The average Bonchev–Trinajstić information content (AvgIpc) is 3.23. The summed E-state index contributed by atoms with van der Waals surface area (Å²) in [5.74, 6) is 0.144. The van der Waals surface area contributed by atoms with E-state index in [1.54, 1.807) is 31.2 Å². The van der Waals surface area contributed by atoms with E-state index in [1.165, 1.54) is 6.07 Å². The van der Waals surface area contributed by atoms with Crippen molar-refractivity contribution in [3.63, 3.8) is 0 Å². The first-order valence-electron chi connectivity index (χ1n) is 10.9. The summed E-state index contributed by atoms with van der Waals surface area (Å²) in [7, 11) is 0. The molecule has 0 spiro atoms. The lowest BCUT2D eigenvalue weighted by Gasteiger charge is -2.09. The molecule has 1 aliphatic heterocycles. The molecule has 34 heavy (non-hydrogen) atoms. The fourth-order valence-electron chi connectivity index (χ4n) is 4.11. The summed E-state index contributed by atoms with van der Waals surface area (Å²) < 4.78 is 19.7. The van der Waals surface area contributed by atoms with Crippen LogP contribution >= 0.6 is 0 Å². The van der Waals surface area contributed by atoms with Gasteiger partial charge in [-0.15, -0.1) is 0 Å². The molecule has 0 aliphatic carbocycles. The van der Waals surface area contributed by atoms with Crippen LogP contribution < -0.4 is 10.9 Å². The van der Waals surface area contributed by atoms with Crippen LogP contribution in [0, 0.1) is 5.82 Å². The zero-order valence-electron chi connectivity index (χ0n) is 18.4. The van der Waals surface area contributed by atoms with Crippen LogP contribution in [0.2, 0.25) is 0 Å². The average molecular weight is 456 g/mol. The first kappa shape index (κ1) is 21.5. The third-order valence-electron chi connectivity index (χ3n) is 5.71. The highest BCUT2D eigenvalue weighted by Gasteiger charge is 2.19. The van der Waals surface area contributed by atoms with Gasteiger partial charge >= 0.3 is 6.09 Å². The van der Waals surface area contributed by atoms with E-state index in [1.807, 2.05) is 30.3 Å². The number of ether oxygens (including phenoxy) is 1. The first-order valence-corrected chi connectivity index (χ1v) is 10.9. The van der Waals surface area contributed by atoms with Gasteiger partial charge in [-0.3, -0.25) is 10.1 Å². The summed E-state index contributed by atoms with van der Waals surface area (Å²) in [4.78, 5) is 28.2. The SMILES string of the molecule is CCOC(=O)NC1=Nc2cc(-c3cc(Cc4n[nH]c(=O)c5ccccc45)ccc3F)ccc2C1. The van der Waals surface area contributed by atoms with Crippen molar-refractivity contribution >= 4 is 28.4 Å². The van der Waals surface area contributed by atoms with Gasteiger partial charge in [-0.2, -0.15) is 5.10 Å². The number of aromatic nitrogens is 2. The Kier molecular flexibility index (Phi) is 5.63. The molecule has 3 aromatic carbocycles. The molecule has 0 fully saturated rings. The second kappa shape index (κ2) is 8.90. The molecule has 0 radical (unpaired) electrons. The number of halogens is 1. The number of aliphatic imine (C=N–C) groups is 1. The molecule has 2 N–H and O–H groups in total. The van der Waals surface area contributed by atoms with Gasteiger partial charge in [0.2, 0.25) is 0 Å². The number of alkyl carbamates (subject to hydrolysis) is 1. The number of aromatic amines is 1. The van der Waals surface area contributed by atoms with E-state index in [-0.39, 0.29) is 18.0 Å². The zero-order chi connectivity index (χ0) is 23.7. The molecule has 1 aliphatic rings. The lowest BCUT2D eigenvalue weighted by atomic mass is 9.97. The highest BCUT2D eigenvalue weighted by atomic mass is 19.1. The van der Waals surface area contributed by atoms with Crippen molar-refractivity contribution in [2.24, 2.45) is 4.99 Å². The number of carbonyl (C=O) groups excluding carboxylic acids is 1. The Morgan fingerprint density at radius 3 is 2.76 bits per heavy atom. The molecule has 0 atom stereocenters. The monoisotopic (exact) mass is 456 g/mol. The molecule has 170 valence electrons. The van der Waals surface area contributed by atoms with Crippen LogP contribution in [0.1, 0.15) is 23.7 Å². The lowest BCUT2D eigenvalue weighted by molar-refractivity contribution is 0.157. The Morgan fingerprint density at radius 1 is 1.12 bits per heavy atom. The maximum absolute atomic E-state index is 14.8. The first-order chi connectivity index (χ1) is 16.5. The number of amides is 1. The number of hydrogen-bond acceptors (Lipinski definition) is 5. The highest BCUT2D eigenvalue weighted by Crippen LogP contribution is 2.33. The number of nitrogens with zero attached hydrogens (tertiary/aromatic N) is 2. The summed E-state index contributed by atoms with van der Waals surface area (Å²) in [6.07, 6.45) is 0.361. The van der Waals surface area contributed by atoms with Gasteiger partial charge in [-0.05, 0) is 47.9 Å². The number of hydrogen-bond donors (Lipinski definition) is 2. The number of fused-ring (bicyclic) bond motifs is 2. The van der Waals surface area contributed by atoms with Gasteiger partial charge in [0.1, 0.15) is 11.7 Å². The molecule has 8 heteroatoms. The number of rotatable bonds is 4. The minimum Gasteiger partial charge on any atom is -0.450 e. The Hall–Kier alpha value is -4.33. The Labute approximate surface area is 194 Å². The standard InChI is InChI=1S/C26H21FN4O3/c1-2-34-26(33)29-24-14-17-9-8-16(13-22(17)28-24)20-11-15(7-10-21(20)27)12-23-18-5-3-4-6-19(18)25(32)31-30-23/h3-11,13H,2,12,14H2,1H3,(H,31,32)(H,28,29,33). The molecule has 7 nitrogen and oxygen atoms in total. The van der Waals surface area contributed by atoms with Crippen LogP contribution in [0.15, 0.2) is 70.5 Å². The van der Waals surface area contributed by atoms with Crippen LogP contribution in [0.4, 0.5) is 14.9 Å². The molecule has 0 bridgehead atoms. The second-order valence-corrected chi connectivity index (χ2v) is 7.96. The fourth-order valence-corrected chi connectivity index (χ4v) is 4.11. The topological polar surface area (TPSA) is 96.4 Å². The number of amidine groups is 1. The Balaban J connectivity index is 1.45. The molecule has 0 saturated carbocycles. The summed E-state index contributed by atoms with van der Waals surface area (Å²) >= 11 is 0. The van der Waals surface area contributed by atoms with Crippen molar-refractivity contribution in [3.05, 3.63) is 93.7 Å². The summed E-state index contributed by atoms with van der Waals surface area (Å²) in [5.41, 5.74) is 4.07. The van der Waals surface area contributed by atoms with Gasteiger partial charge in [0.25, 0.3) is 5.56 Å². The summed E-state index contributed by atoms with van der Waals surface area (Å²) in [6.45, 7) is 2.01. The predicted molar refractivity (Wildman–Crippen MR) is 128 cm³/mol. The van der Waals surface area contributed by atoms with Gasteiger partial charge in [-0.1, -0.05) is 36.4 Å². The minimum atomic E-state index is -0.545. The van der Waals surface area contributed by atoms with E-state index in [0.717, 1.165) is 16.5 Å². The van der Waals surface area contributed by atoms with E-state index in [0.29, 0.717) is 46.6 Å². The van der Waals surface area contributed by atoms with Crippen molar-refractivity contribution < 1.29 is 13.9 Å². The summed E-state index contributed by atoms with van der Waals surface area (Å²) in [5, 5.41) is 10.7. The molecule has 1 aromatic heterocycles. The summed E-state index contributed by atoms with van der Waals surface area (Å²) in [6, 6.07) is 17.8. The predicted octanol–water partition coefficient (Wildman–Crippen LogP) is 4.65. The molecular weight excluding hydrogens is 435 g/mol. The molecule has 0 unspecified atom stereocenters. The maximum Gasteiger partial charge on any atom is 0.412 e. The van der Waals surface area contributed by atoms with Crippen LogP contribution in [0.5, 0.6) is 0 Å². The van der Waals surface area contributed by atoms with Crippen molar-refractivity contribution in [3.8, 4) is 11.1 Å². The largest absolute Gasteiger partial charge is 0.450 e. The third kappa shape index (κ3) is 4.17. The van der Waals surface area contributed by atoms with Gasteiger partial charge in [0.05, 0.1) is 23.4 Å². The van der Waals surface area contributed by atoms with Crippen LogP contribution in [0.25, 0.3) is 21.9 Å². The number of benzene rings is 3. The van der Waals surface area contributed by atoms with Crippen LogP contribution in [-0.4, -0.2) is 28.7 Å². The third-order valence-corrected chi connectivity index (χ3v) is 5.71. The fraction of sp³-hybridized carbons (Fsp3) is 0.154. The van der Waals surface area contributed by atoms with Gasteiger partial charge in [0.15, 0.2) is 0 Å². The highest BCUT2D eigenvalue weighted by molar-refractivity contribution is 6.01. The minimum absolute atomic E-state index is 0.241. The van der Waals surface area contributed by atoms with Gasteiger partial charge < -0.3 is 4.74 Å². The number of carbonyl (C=O) groups is 1. The Morgan fingerprint density at radius 2 is 1.94 bits per heavy atom. The number of nitrogens with one attached hydrogen (secondary N) is 2.